The quantitative estimate of drug-likeness (QED) is 0.684. The van der Waals surface area contributed by atoms with E-state index in [4.69, 9.17) is 9.05 Å². The number of hydrogen-bond acceptors (Lipinski definition) is 4. The first-order valence-corrected chi connectivity index (χ1v) is 7.12. The van der Waals surface area contributed by atoms with E-state index in [1.54, 1.807) is 0 Å². The highest BCUT2D eigenvalue weighted by atomic mass is 31.2. The Morgan fingerprint density at radius 2 is 1.47 bits per heavy atom. The van der Waals surface area contributed by atoms with Gasteiger partial charge in [0.05, 0.1) is 12.2 Å². The summed E-state index contributed by atoms with van der Waals surface area (Å²) in [5.41, 5.74) is -0.457. The molecule has 4 nitrogen and oxygen atoms in total. The summed E-state index contributed by atoms with van der Waals surface area (Å²) in [5.74, 6) is 0. The normalized spacial score (nSPS) is 23.3. The van der Waals surface area contributed by atoms with Crippen LogP contribution in [0.3, 0.4) is 0 Å². The van der Waals surface area contributed by atoms with Gasteiger partial charge in [0.25, 0.3) is 0 Å². The van der Waals surface area contributed by atoms with E-state index < -0.39 is 13.1 Å². The van der Waals surface area contributed by atoms with Gasteiger partial charge in [0.15, 0.2) is 0 Å². The highest BCUT2D eigenvalue weighted by molar-refractivity contribution is 7.71. The van der Waals surface area contributed by atoms with Crippen LogP contribution in [-0.4, -0.2) is 17.7 Å². The van der Waals surface area contributed by atoms with Gasteiger partial charge in [-0.3, -0.25) is 18.4 Å². The van der Waals surface area contributed by atoms with E-state index in [0.717, 1.165) is 38.5 Å². The summed E-state index contributed by atoms with van der Waals surface area (Å²) in [7, 11) is -3.47. The molecule has 0 heterocycles. The minimum Gasteiger partial charge on any atom is -0.300 e. The van der Waals surface area contributed by atoms with Gasteiger partial charge in [-0.05, 0) is 38.5 Å². The molecule has 86 valence electrons. The predicted octanol–water partition coefficient (Wildman–Crippen LogP) is 2.86. The summed E-state index contributed by atoms with van der Waals surface area (Å²) in [5, 5.41) is 0. The molecule has 2 fully saturated rings. The first-order chi connectivity index (χ1) is 7.10. The van der Waals surface area contributed by atoms with Crippen molar-refractivity contribution in [1.29, 1.82) is 0 Å². The van der Waals surface area contributed by atoms with Crippen LogP contribution in [0.2, 0.25) is 0 Å². The molecule has 2 rings (SSSR count). The van der Waals surface area contributed by atoms with Crippen LogP contribution in [0.1, 0.15) is 45.4 Å². The summed E-state index contributed by atoms with van der Waals surface area (Å²) < 4.78 is 22.8. The van der Waals surface area contributed by atoms with Gasteiger partial charge in [-0.1, -0.05) is 0 Å². The highest BCUT2D eigenvalue weighted by Crippen LogP contribution is 2.55. The molecule has 0 N–H and O–H groups in total. The minimum atomic E-state index is -3.47. The maximum absolute atomic E-state index is 12.1. The van der Waals surface area contributed by atoms with Gasteiger partial charge in [0.2, 0.25) is 5.52 Å². The summed E-state index contributed by atoms with van der Waals surface area (Å²) in [6.45, 7) is 1.29. The number of hydrogen-bond donors (Lipinski definition) is 0. The van der Waals surface area contributed by atoms with Crippen molar-refractivity contribution in [2.75, 3.05) is 0 Å². The van der Waals surface area contributed by atoms with Gasteiger partial charge in [-0.15, -0.1) is 0 Å². The van der Waals surface area contributed by atoms with Gasteiger partial charge in [0, 0.05) is 6.92 Å². The zero-order valence-electron chi connectivity index (χ0n) is 8.98. The topological polar surface area (TPSA) is 52.6 Å². The third kappa shape index (κ3) is 2.49. The van der Waals surface area contributed by atoms with Crippen LogP contribution < -0.4 is 0 Å². The molecule has 0 atom stereocenters. The molecular weight excluding hydrogens is 215 g/mol. The lowest BCUT2D eigenvalue weighted by molar-refractivity contribution is -0.113. The molecule has 0 radical (unpaired) electrons. The molecule has 0 bridgehead atoms. The van der Waals surface area contributed by atoms with E-state index in [0.29, 0.717) is 0 Å². The Morgan fingerprint density at radius 3 is 1.67 bits per heavy atom. The fourth-order valence-electron chi connectivity index (χ4n) is 1.52. The van der Waals surface area contributed by atoms with Gasteiger partial charge < -0.3 is 0 Å². The van der Waals surface area contributed by atoms with Crippen LogP contribution in [0.4, 0.5) is 0 Å². The van der Waals surface area contributed by atoms with Crippen molar-refractivity contribution in [3.63, 3.8) is 0 Å². The van der Waals surface area contributed by atoms with Gasteiger partial charge in [0.1, 0.15) is 0 Å². The Bertz CT molecular complexity index is 274. The third-order valence-electron chi connectivity index (χ3n) is 3.07. The van der Waals surface area contributed by atoms with Crippen LogP contribution in [0, 0.1) is 0 Å². The summed E-state index contributed by atoms with van der Waals surface area (Å²) >= 11 is 0. The Hall–Kier alpha value is -0.180. The van der Waals surface area contributed by atoms with Crippen molar-refractivity contribution in [2.45, 2.75) is 57.7 Å². The molecule has 0 aromatic carbocycles. The molecule has 2 aliphatic carbocycles. The SMILES string of the molecule is CC(=O)P(=O)(OC1CCC1)OC1CCC1. The molecule has 5 heteroatoms. The van der Waals surface area contributed by atoms with Crippen molar-refractivity contribution in [3.05, 3.63) is 0 Å². The molecule has 2 aliphatic rings. The molecular formula is C10H17O4P. The zero-order valence-corrected chi connectivity index (χ0v) is 9.87. The van der Waals surface area contributed by atoms with Crippen molar-refractivity contribution in [1.82, 2.24) is 0 Å². The summed E-state index contributed by atoms with van der Waals surface area (Å²) in [4.78, 5) is 11.3. The molecule has 0 saturated heterocycles. The predicted molar refractivity (Wildman–Crippen MR) is 55.7 cm³/mol. The van der Waals surface area contributed by atoms with Crippen molar-refractivity contribution < 1.29 is 18.4 Å². The maximum Gasteiger partial charge on any atom is 0.396 e. The van der Waals surface area contributed by atoms with Gasteiger partial charge in [-0.25, -0.2) is 0 Å². The van der Waals surface area contributed by atoms with E-state index in [-0.39, 0.29) is 12.2 Å². The first kappa shape index (κ1) is 11.3. The molecule has 0 aromatic heterocycles. The largest absolute Gasteiger partial charge is 0.396 e. The standard InChI is InChI=1S/C10H17O4P/c1-8(11)15(12,13-9-4-2-5-9)14-10-6-3-7-10/h9-10H,2-7H2,1H3. The Labute approximate surface area is 89.9 Å². The van der Waals surface area contributed by atoms with Crippen LogP contribution in [0.25, 0.3) is 0 Å². The Balaban J connectivity index is 1.94. The molecule has 2 saturated carbocycles. The summed E-state index contributed by atoms with van der Waals surface area (Å²) in [6.07, 6.45) is 5.70. The van der Waals surface area contributed by atoms with Crippen LogP contribution in [-0.2, 0) is 18.4 Å². The van der Waals surface area contributed by atoms with Crippen molar-refractivity contribution in [2.24, 2.45) is 0 Å². The second-order valence-electron chi connectivity index (χ2n) is 4.33. The Morgan fingerprint density at radius 1 is 1.07 bits per heavy atom. The van der Waals surface area contributed by atoms with Crippen LogP contribution in [0.15, 0.2) is 0 Å². The fraction of sp³-hybridized carbons (Fsp3) is 0.900. The molecule has 0 amide bonds. The number of carbonyl (C=O) groups excluding carboxylic acids is 1. The first-order valence-electron chi connectivity index (χ1n) is 5.58. The lowest BCUT2D eigenvalue weighted by Crippen LogP contribution is -2.26. The van der Waals surface area contributed by atoms with Crippen molar-refractivity contribution in [3.8, 4) is 0 Å². The third-order valence-corrected chi connectivity index (χ3v) is 4.99. The van der Waals surface area contributed by atoms with E-state index in [1.165, 1.54) is 6.92 Å². The smallest absolute Gasteiger partial charge is 0.300 e. The van der Waals surface area contributed by atoms with Crippen LogP contribution in [0.5, 0.6) is 0 Å². The zero-order chi connectivity index (χ0) is 10.9. The molecule has 0 unspecified atom stereocenters. The summed E-state index contributed by atoms with van der Waals surface area (Å²) in [6, 6.07) is 0. The highest BCUT2D eigenvalue weighted by Gasteiger charge is 2.39. The van der Waals surface area contributed by atoms with Crippen LogP contribution >= 0.6 is 7.60 Å². The second-order valence-corrected chi connectivity index (χ2v) is 6.38. The lowest BCUT2D eigenvalue weighted by Gasteiger charge is -2.33. The molecule has 0 spiro atoms. The van der Waals surface area contributed by atoms with E-state index >= 15 is 0 Å². The van der Waals surface area contributed by atoms with Gasteiger partial charge in [-0.2, -0.15) is 0 Å². The average Bonchev–Trinajstić information content (AvgIpc) is 2.04. The average molecular weight is 232 g/mol. The van der Waals surface area contributed by atoms with E-state index in [2.05, 4.69) is 0 Å². The number of carbonyl (C=O) groups is 1. The van der Waals surface area contributed by atoms with E-state index in [9.17, 15) is 9.36 Å². The molecule has 0 aliphatic heterocycles. The van der Waals surface area contributed by atoms with Crippen molar-refractivity contribution >= 4 is 13.1 Å². The Kier molecular flexibility index (Phi) is 3.29. The molecule has 0 aromatic rings. The lowest BCUT2D eigenvalue weighted by atomic mass is 9.97. The monoisotopic (exact) mass is 232 g/mol. The second kappa shape index (κ2) is 4.36. The number of rotatable bonds is 5. The molecule has 15 heavy (non-hydrogen) atoms. The fourth-order valence-corrected chi connectivity index (χ4v) is 3.07. The van der Waals surface area contributed by atoms with E-state index in [1.807, 2.05) is 0 Å². The maximum atomic E-state index is 12.1. The van der Waals surface area contributed by atoms with Gasteiger partial charge >= 0.3 is 7.60 Å². The minimum absolute atomic E-state index is 0.0280.